The normalized spacial score (nSPS) is 14.0. The van der Waals surface area contributed by atoms with Gasteiger partial charge in [-0.15, -0.1) is 0 Å². The lowest BCUT2D eigenvalue weighted by Crippen LogP contribution is -2.50. The van der Waals surface area contributed by atoms with E-state index in [9.17, 15) is 14.4 Å². The van der Waals surface area contributed by atoms with Crippen molar-refractivity contribution in [3.63, 3.8) is 0 Å². The third-order valence-corrected chi connectivity index (χ3v) is 5.74. The molecule has 30 heavy (non-hydrogen) atoms. The second-order valence-electron chi connectivity index (χ2n) is 7.82. The van der Waals surface area contributed by atoms with Crippen LogP contribution in [0, 0.1) is 0 Å². The number of nitrogens with one attached hydrogen (secondary N) is 1. The number of rotatable bonds is 8. The number of carbonyl (C=O) groups is 3. The summed E-state index contributed by atoms with van der Waals surface area (Å²) in [4.78, 5) is 40.2. The van der Waals surface area contributed by atoms with Gasteiger partial charge in [-0.1, -0.05) is 43.2 Å². The molecule has 6 nitrogen and oxygen atoms in total. The highest BCUT2D eigenvalue weighted by Gasteiger charge is 2.24. The molecule has 3 rings (SSSR count). The molecule has 1 aliphatic rings. The molecule has 0 bridgehead atoms. The van der Waals surface area contributed by atoms with Crippen LogP contribution in [0.15, 0.2) is 42.5 Å². The standard InChI is InChI=1S/C24H31N3O3/c1-25-22(28)10-4-2-3-5-11-23(29)26-14-16-27(17-15-26)24(30)21-13-12-19-8-6-7-9-20(19)18-21/h6-9,12-13,18H,2-5,10-11,14-17H2,1H3,(H,25,28). The number of hydrogen-bond acceptors (Lipinski definition) is 3. The zero-order valence-electron chi connectivity index (χ0n) is 17.7. The van der Waals surface area contributed by atoms with Crippen molar-refractivity contribution in [2.24, 2.45) is 0 Å². The van der Waals surface area contributed by atoms with Crippen LogP contribution in [0.2, 0.25) is 0 Å². The molecular formula is C24H31N3O3. The summed E-state index contributed by atoms with van der Waals surface area (Å²) in [6, 6.07) is 13.8. The first kappa shape index (κ1) is 21.8. The van der Waals surface area contributed by atoms with Gasteiger partial charge >= 0.3 is 0 Å². The fourth-order valence-electron chi connectivity index (χ4n) is 3.86. The van der Waals surface area contributed by atoms with Gasteiger partial charge in [0.15, 0.2) is 0 Å². The molecule has 2 aromatic rings. The zero-order chi connectivity index (χ0) is 21.3. The van der Waals surface area contributed by atoms with Crippen molar-refractivity contribution in [2.45, 2.75) is 38.5 Å². The number of nitrogens with zero attached hydrogens (tertiary/aromatic N) is 2. The van der Waals surface area contributed by atoms with Crippen LogP contribution in [-0.4, -0.2) is 60.7 Å². The second-order valence-corrected chi connectivity index (χ2v) is 7.82. The third kappa shape index (κ3) is 5.81. The minimum absolute atomic E-state index is 0.0315. The summed E-state index contributed by atoms with van der Waals surface area (Å²) in [5.74, 6) is 0.269. The van der Waals surface area contributed by atoms with Crippen molar-refractivity contribution in [3.8, 4) is 0 Å². The monoisotopic (exact) mass is 409 g/mol. The van der Waals surface area contributed by atoms with Gasteiger partial charge in [-0.2, -0.15) is 0 Å². The molecular weight excluding hydrogens is 378 g/mol. The Morgan fingerprint density at radius 2 is 1.43 bits per heavy atom. The van der Waals surface area contributed by atoms with Gasteiger partial charge < -0.3 is 15.1 Å². The molecule has 160 valence electrons. The van der Waals surface area contributed by atoms with Crippen LogP contribution in [0.5, 0.6) is 0 Å². The highest BCUT2D eigenvalue weighted by molar-refractivity contribution is 5.98. The molecule has 0 spiro atoms. The predicted octanol–water partition coefficient (Wildman–Crippen LogP) is 3.21. The summed E-state index contributed by atoms with van der Waals surface area (Å²) in [5, 5.41) is 4.80. The SMILES string of the molecule is CNC(=O)CCCCCCC(=O)N1CCN(C(=O)c2ccc3ccccc3c2)CC1. The molecule has 1 saturated heterocycles. The summed E-state index contributed by atoms with van der Waals surface area (Å²) in [6.07, 6.45) is 4.74. The van der Waals surface area contributed by atoms with Gasteiger partial charge in [-0.05, 0) is 35.7 Å². The number of hydrogen-bond donors (Lipinski definition) is 1. The van der Waals surface area contributed by atoms with Crippen LogP contribution in [-0.2, 0) is 9.59 Å². The topological polar surface area (TPSA) is 69.7 Å². The highest BCUT2D eigenvalue weighted by Crippen LogP contribution is 2.18. The van der Waals surface area contributed by atoms with Gasteiger partial charge in [0.05, 0.1) is 0 Å². The number of fused-ring (bicyclic) bond motifs is 1. The molecule has 0 atom stereocenters. The van der Waals surface area contributed by atoms with Crippen LogP contribution in [0.4, 0.5) is 0 Å². The van der Waals surface area contributed by atoms with E-state index in [4.69, 9.17) is 0 Å². The van der Waals surface area contributed by atoms with E-state index in [2.05, 4.69) is 5.32 Å². The molecule has 0 unspecified atom stereocenters. The Kier molecular flexibility index (Phi) is 7.82. The third-order valence-electron chi connectivity index (χ3n) is 5.74. The van der Waals surface area contributed by atoms with Gasteiger partial charge in [0.2, 0.25) is 11.8 Å². The molecule has 0 saturated carbocycles. The molecule has 1 aliphatic heterocycles. The maximum Gasteiger partial charge on any atom is 0.253 e. The number of benzene rings is 2. The van der Waals surface area contributed by atoms with Crippen molar-refractivity contribution < 1.29 is 14.4 Å². The lowest BCUT2D eigenvalue weighted by molar-refractivity contribution is -0.132. The summed E-state index contributed by atoms with van der Waals surface area (Å²) in [7, 11) is 1.65. The fraction of sp³-hybridized carbons (Fsp3) is 0.458. The zero-order valence-corrected chi connectivity index (χ0v) is 17.7. The first-order valence-electron chi connectivity index (χ1n) is 10.8. The molecule has 0 aliphatic carbocycles. The molecule has 1 fully saturated rings. The smallest absolute Gasteiger partial charge is 0.253 e. The van der Waals surface area contributed by atoms with E-state index in [0.717, 1.165) is 36.5 Å². The van der Waals surface area contributed by atoms with Crippen molar-refractivity contribution >= 4 is 28.5 Å². The molecule has 2 aromatic carbocycles. The van der Waals surface area contributed by atoms with E-state index in [1.807, 2.05) is 52.3 Å². The van der Waals surface area contributed by atoms with Gasteiger partial charge in [-0.3, -0.25) is 14.4 Å². The quantitative estimate of drug-likeness (QED) is 0.681. The van der Waals surface area contributed by atoms with Gasteiger partial charge in [-0.25, -0.2) is 0 Å². The Hall–Kier alpha value is -2.89. The number of amides is 3. The summed E-state index contributed by atoms with van der Waals surface area (Å²) >= 11 is 0. The summed E-state index contributed by atoms with van der Waals surface area (Å²) < 4.78 is 0. The van der Waals surface area contributed by atoms with E-state index < -0.39 is 0 Å². The first-order chi connectivity index (χ1) is 14.6. The molecule has 1 N–H and O–H groups in total. The van der Waals surface area contributed by atoms with Crippen molar-refractivity contribution in [1.29, 1.82) is 0 Å². The van der Waals surface area contributed by atoms with Crippen LogP contribution >= 0.6 is 0 Å². The van der Waals surface area contributed by atoms with E-state index in [-0.39, 0.29) is 17.7 Å². The molecule has 3 amide bonds. The highest BCUT2D eigenvalue weighted by atomic mass is 16.2. The maximum atomic E-state index is 12.9. The van der Waals surface area contributed by atoms with Crippen molar-refractivity contribution in [1.82, 2.24) is 15.1 Å². The Morgan fingerprint density at radius 1 is 0.800 bits per heavy atom. The maximum absolute atomic E-state index is 12.9. The van der Waals surface area contributed by atoms with E-state index in [0.29, 0.717) is 44.6 Å². The number of unbranched alkanes of at least 4 members (excludes halogenated alkanes) is 3. The molecule has 1 heterocycles. The fourth-order valence-corrected chi connectivity index (χ4v) is 3.86. The lowest BCUT2D eigenvalue weighted by atomic mass is 10.1. The van der Waals surface area contributed by atoms with Crippen LogP contribution in [0.25, 0.3) is 10.8 Å². The molecule has 0 aromatic heterocycles. The predicted molar refractivity (Wildman–Crippen MR) is 118 cm³/mol. The number of carbonyl (C=O) groups excluding carboxylic acids is 3. The Balaban J connectivity index is 1.40. The van der Waals surface area contributed by atoms with Crippen LogP contribution in [0.3, 0.4) is 0 Å². The minimum Gasteiger partial charge on any atom is -0.359 e. The van der Waals surface area contributed by atoms with Crippen molar-refractivity contribution in [2.75, 3.05) is 33.2 Å². The first-order valence-corrected chi connectivity index (χ1v) is 10.8. The largest absolute Gasteiger partial charge is 0.359 e. The lowest BCUT2D eigenvalue weighted by Gasteiger charge is -2.35. The second kappa shape index (κ2) is 10.8. The van der Waals surface area contributed by atoms with Crippen molar-refractivity contribution in [3.05, 3.63) is 48.0 Å². The Morgan fingerprint density at radius 3 is 2.13 bits per heavy atom. The molecule has 6 heteroatoms. The number of piperazine rings is 1. The summed E-state index contributed by atoms with van der Waals surface area (Å²) in [6.45, 7) is 2.33. The molecule has 0 radical (unpaired) electrons. The van der Waals surface area contributed by atoms with Gasteiger partial charge in [0.25, 0.3) is 5.91 Å². The van der Waals surface area contributed by atoms with Gasteiger partial charge in [0.1, 0.15) is 0 Å². The van der Waals surface area contributed by atoms with E-state index in [1.165, 1.54) is 0 Å². The van der Waals surface area contributed by atoms with Gasteiger partial charge in [0, 0.05) is 51.6 Å². The van der Waals surface area contributed by atoms with E-state index >= 15 is 0 Å². The van der Waals surface area contributed by atoms with E-state index in [1.54, 1.807) is 7.05 Å². The average Bonchev–Trinajstić information content (AvgIpc) is 2.80. The van der Waals surface area contributed by atoms with Crippen LogP contribution < -0.4 is 5.32 Å². The van der Waals surface area contributed by atoms with Crippen LogP contribution in [0.1, 0.15) is 48.9 Å². The summed E-state index contributed by atoms with van der Waals surface area (Å²) in [5.41, 5.74) is 0.699. The Bertz CT molecular complexity index is 888. The average molecular weight is 410 g/mol. The minimum atomic E-state index is 0.0315. The Labute approximate surface area is 178 Å².